The Morgan fingerprint density at radius 3 is 2.41 bits per heavy atom. The Hall–Kier alpha value is -1.85. The Balaban J connectivity index is 1.57. The van der Waals surface area contributed by atoms with Crippen molar-refractivity contribution in [3.05, 3.63) is 70.2 Å². The molecule has 1 amide bonds. The molecule has 5 heteroatoms. The van der Waals surface area contributed by atoms with Crippen LogP contribution in [0.5, 0.6) is 0 Å². The molecule has 2 aliphatic rings. The highest BCUT2D eigenvalue weighted by atomic mass is 79.9. The summed E-state index contributed by atoms with van der Waals surface area (Å²) in [6.07, 6.45) is 1.18. The van der Waals surface area contributed by atoms with Gasteiger partial charge in [-0.2, -0.15) is 0 Å². The maximum atomic E-state index is 13.0. The van der Waals surface area contributed by atoms with Crippen LogP contribution in [-0.2, 0) is 15.1 Å². The SMILES string of the molecule is C[C@@H](c1ccc(Br)cc1)N1CCC(C[C@@]2(C)CO2)(c2ccccc2)OC1=O. The molecule has 0 N–H and O–H groups in total. The molecule has 142 valence electrons. The van der Waals surface area contributed by atoms with Gasteiger partial charge in [0.2, 0.25) is 0 Å². The van der Waals surface area contributed by atoms with Crippen molar-refractivity contribution >= 4 is 22.0 Å². The van der Waals surface area contributed by atoms with Crippen molar-refractivity contribution < 1.29 is 14.3 Å². The third-order valence-electron chi connectivity index (χ3n) is 5.69. The number of hydrogen-bond acceptors (Lipinski definition) is 3. The number of ether oxygens (including phenoxy) is 2. The molecule has 0 bridgehead atoms. The van der Waals surface area contributed by atoms with Crippen molar-refractivity contribution in [2.45, 2.75) is 43.9 Å². The fraction of sp³-hybridized carbons (Fsp3) is 0.409. The van der Waals surface area contributed by atoms with Gasteiger partial charge < -0.3 is 14.4 Å². The molecule has 2 aliphatic heterocycles. The third kappa shape index (κ3) is 3.76. The summed E-state index contributed by atoms with van der Waals surface area (Å²) in [6.45, 7) is 5.51. The van der Waals surface area contributed by atoms with E-state index in [1.165, 1.54) is 0 Å². The minimum absolute atomic E-state index is 0.0351. The molecule has 2 saturated heterocycles. The van der Waals surface area contributed by atoms with Gasteiger partial charge in [0.25, 0.3) is 0 Å². The fourth-order valence-electron chi connectivity index (χ4n) is 3.94. The maximum absolute atomic E-state index is 13.0. The van der Waals surface area contributed by atoms with Crippen molar-refractivity contribution in [1.29, 1.82) is 0 Å². The second-order valence-electron chi connectivity index (χ2n) is 7.81. The van der Waals surface area contributed by atoms with Crippen LogP contribution in [0, 0.1) is 0 Å². The molecule has 0 spiro atoms. The molecule has 0 saturated carbocycles. The fourth-order valence-corrected chi connectivity index (χ4v) is 4.21. The monoisotopic (exact) mass is 429 g/mol. The minimum atomic E-state index is -0.625. The van der Waals surface area contributed by atoms with Gasteiger partial charge in [-0.1, -0.05) is 58.4 Å². The summed E-state index contributed by atoms with van der Waals surface area (Å²) in [5.41, 5.74) is 1.32. The van der Waals surface area contributed by atoms with Gasteiger partial charge in [0.05, 0.1) is 18.2 Å². The second-order valence-corrected chi connectivity index (χ2v) is 8.73. The molecule has 0 radical (unpaired) electrons. The van der Waals surface area contributed by atoms with Gasteiger partial charge in [-0.25, -0.2) is 4.79 Å². The van der Waals surface area contributed by atoms with Crippen molar-refractivity contribution in [1.82, 2.24) is 4.90 Å². The van der Waals surface area contributed by atoms with Crippen LogP contribution in [0.15, 0.2) is 59.1 Å². The number of benzene rings is 2. The van der Waals surface area contributed by atoms with E-state index in [9.17, 15) is 4.79 Å². The molecule has 2 aromatic carbocycles. The van der Waals surface area contributed by atoms with Gasteiger partial charge in [0.1, 0.15) is 5.60 Å². The van der Waals surface area contributed by atoms with E-state index in [0.29, 0.717) is 13.0 Å². The quantitative estimate of drug-likeness (QED) is 0.595. The molecule has 3 atom stereocenters. The maximum Gasteiger partial charge on any atom is 0.411 e. The largest absolute Gasteiger partial charge is 0.438 e. The van der Waals surface area contributed by atoms with Gasteiger partial charge in [-0.3, -0.25) is 0 Å². The number of epoxide rings is 1. The number of halogens is 1. The Labute approximate surface area is 168 Å². The lowest BCUT2D eigenvalue weighted by atomic mass is 9.81. The highest BCUT2D eigenvalue weighted by Gasteiger charge is 2.52. The molecule has 0 aliphatic carbocycles. The van der Waals surface area contributed by atoms with E-state index < -0.39 is 5.60 Å². The Morgan fingerprint density at radius 2 is 1.81 bits per heavy atom. The van der Waals surface area contributed by atoms with Crippen molar-refractivity contribution in [2.24, 2.45) is 0 Å². The topological polar surface area (TPSA) is 42.1 Å². The average Bonchev–Trinajstić information content (AvgIpc) is 3.39. The van der Waals surface area contributed by atoms with E-state index >= 15 is 0 Å². The molecule has 1 unspecified atom stereocenters. The number of nitrogens with zero attached hydrogens (tertiary/aromatic N) is 1. The van der Waals surface area contributed by atoms with Crippen LogP contribution in [0.1, 0.15) is 43.9 Å². The molecule has 4 nitrogen and oxygen atoms in total. The van der Waals surface area contributed by atoms with E-state index in [1.54, 1.807) is 0 Å². The molecule has 4 rings (SSSR count). The van der Waals surface area contributed by atoms with Crippen LogP contribution >= 0.6 is 15.9 Å². The van der Waals surface area contributed by atoms with E-state index in [4.69, 9.17) is 9.47 Å². The number of carbonyl (C=O) groups excluding carboxylic acids is 1. The normalized spacial score (nSPS) is 28.6. The van der Waals surface area contributed by atoms with Gasteiger partial charge in [-0.15, -0.1) is 0 Å². The van der Waals surface area contributed by atoms with Crippen LogP contribution in [0.3, 0.4) is 0 Å². The minimum Gasteiger partial charge on any atom is -0.438 e. The first-order valence-electron chi connectivity index (χ1n) is 9.35. The molecular formula is C22H24BrNO3. The van der Waals surface area contributed by atoms with Crippen LogP contribution in [0.4, 0.5) is 4.79 Å². The van der Waals surface area contributed by atoms with E-state index in [1.807, 2.05) is 66.4 Å². The summed E-state index contributed by atoms with van der Waals surface area (Å²) in [7, 11) is 0. The summed E-state index contributed by atoms with van der Waals surface area (Å²) in [5.74, 6) is 0. The van der Waals surface area contributed by atoms with Gasteiger partial charge in [-0.05, 0) is 37.1 Å². The van der Waals surface area contributed by atoms with Crippen LogP contribution in [-0.4, -0.2) is 29.7 Å². The summed E-state index contributed by atoms with van der Waals surface area (Å²) >= 11 is 3.46. The summed E-state index contributed by atoms with van der Waals surface area (Å²) < 4.78 is 12.8. The third-order valence-corrected chi connectivity index (χ3v) is 6.22. The lowest BCUT2D eigenvalue weighted by Gasteiger charge is -2.44. The van der Waals surface area contributed by atoms with E-state index in [2.05, 4.69) is 22.9 Å². The number of carbonyl (C=O) groups is 1. The molecule has 2 heterocycles. The Morgan fingerprint density at radius 1 is 1.15 bits per heavy atom. The van der Waals surface area contributed by atoms with Crippen LogP contribution in [0.2, 0.25) is 0 Å². The predicted molar refractivity (Wildman–Crippen MR) is 107 cm³/mol. The van der Waals surface area contributed by atoms with E-state index in [-0.39, 0.29) is 17.7 Å². The summed E-state index contributed by atoms with van der Waals surface area (Å²) in [4.78, 5) is 14.8. The van der Waals surface area contributed by atoms with Crippen LogP contribution < -0.4 is 0 Å². The predicted octanol–water partition coefficient (Wildman–Crippen LogP) is 5.43. The van der Waals surface area contributed by atoms with Crippen molar-refractivity contribution in [3.63, 3.8) is 0 Å². The highest BCUT2D eigenvalue weighted by molar-refractivity contribution is 9.10. The van der Waals surface area contributed by atoms with Crippen molar-refractivity contribution in [3.8, 4) is 0 Å². The Bertz CT molecular complexity index is 819. The summed E-state index contributed by atoms with van der Waals surface area (Å²) in [6, 6.07) is 18.1. The molecular weight excluding hydrogens is 406 g/mol. The first kappa shape index (κ1) is 18.5. The molecule has 0 aromatic heterocycles. The lowest BCUT2D eigenvalue weighted by Crippen LogP contribution is -2.50. The zero-order valence-electron chi connectivity index (χ0n) is 15.7. The Kier molecular flexibility index (Phi) is 4.77. The number of hydrogen-bond donors (Lipinski definition) is 0. The van der Waals surface area contributed by atoms with Gasteiger partial charge in [0.15, 0.2) is 0 Å². The first-order chi connectivity index (χ1) is 12.9. The van der Waals surface area contributed by atoms with Crippen molar-refractivity contribution in [2.75, 3.05) is 13.2 Å². The van der Waals surface area contributed by atoms with Crippen LogP contribution in [0.25, 0.3) is 0 Å². The molecule has 27 heavy (non-hydrogen) atoms. The van der Waals surface area contributed by atoms with Gasteiger partial charge >= 0.3 is 6.09 Å². The first-order valence-corrected chi connectivity index (χ1v) is 10.1. The number of amides is 1. The molecule has 2 fully saturated rings. The second kappa shape index (κ2) is 6.95. The smallest absolute Gasteiger partial charge is 0.411 e. The standard InChI is InChI=1S/C22H24BrNO3/c1-16(17-8-10-19(23)11-9-17)24-13-12-22(27-20(24)25,14-21(2)15-26-21)18-6-4-3-5-7-18/h3-11,16H,12-15H2,1-2H3/t16-,21-,22?/m0/s1. The number of rotatable bonds is 5. The highest BCUT2D eigenvalue weighted by Crippen LogP contribution is 2.46. The molecule has 2 aromatic rings. The zero-order chi connectivity index (χ0) is 19.1. The zero-order valence-corrected chi connectivity index (χ0v) is 17.2. The average molecular weight is 430 g/mol. The summed E-state index contributed by atoms with van der Waals surface area (Å²) in [5, 5.41) is 0. The number of cyclic esters (lactones) is 1. The van der Waals surface area contributed by atoms with Gasteiger partial charge in [0, 0.05) is 23.9 Å². The lowest BCUT2D eigenvalue weighted by molar-refractivity contribution is -0.0750. The van der Waals surface area contributed by atoms with E-state index in [0.717, 1.165) is 28.6 Å².